The van der Waals surface area contributed by atoms with E-state index < -0.39 is 0 Å². The molecule has 110 valence electrons. The molecule has 6 heteroatoms. The number of benzene rings is 1. The summed E-state index contributed by atoms with van der Waals surface area (Å²) in [5, 5.41) is 3.41. The second-order valence-corrected chi connectivity index (χ2v) is 6.50. The molecule has 2 aromatic rings. The first-order valence-electron chi connectivity index (χ1n) is 6.40. The molecule has 1 aromatic carbocycles. The Morgan fingerprint density at radius 3 is 2.62 bits per heavy atom. The van der Waals surface area contributed by atoms with Crippen molar-refractivity contribution in [3.8, 4) is 0 Å². The minimum Gasteiger partial charge on any atom is -0.339 e. The van der Waals surface area contributed by atoms with Crippen LogP contribution in [-0.4, -0.2) is 23.2 Å². The summed E-state index contributed by atoms with van der Waals surface area (Å²) in [4.78, 5) is 12.0. The van der Waals surface area contributed by atoms with Gasteiger partial charge in [-0.25, -0.2) is 4.98 Å². The molecule has 0 spiro atoms. The maximum Gasteiger partial charge on any atom is 0.224 e. The third-order valence-electron chi connectivity index (χ3n) is 3.15. The van der Waals surface area contributed by atoms with Gasteiger partial charge in [-0.3, -0.25) is 0 Å². The predicted molar refractivity (Wildman–Crippen MR) is 91.9 cm³/mol. The van der Waals surface area contributed by atoms with E-state index in [1.165, 1.54) is 5.56 Å². The van der Waals surface area contributed by atoms with Gasteiger partial charge in [-0.05, 0) is 51.9 Å². The number of halogens is 2. The van der Waals surface area contributed by atoms with E-state index in [-0.39, 0.29) is 10.7 Å². The molecule has 0 aliphatic heterocycles. The average Bonchev–Trinajstić information content (AvgIpc) is 2.43. The third-order valence-corrected chi connectivity index (χ3v) is 3.91. The summed E-state index contributed by atoms with van der Waals surface area (Å²) in [5.41, 5.74) is 2.11. The smallest absolute Gasteiger partial charge is 0.224 e. The molecule has 1 heterocycles. The van der Waals surface area contributed by atoms with E-state index in [0.29, 0.717) is 12.4 Å². The molecule has 1 N–H and O–H groups in total. The van der Waals surface area contributed by atoms with Crippen LogP contribution >= 0.6 is 27.5 Å². The normalized spacial score (nSPS) is 11.2. The van der Waals surface area contributed by atoms with Crippen LogP contribution in [-0.2, 0) is 5.41 Å². The lowest BCUT2D eigenvalue weighted by Crippen LogP contribution is -2.20. The standard InChI is InChI=1S/C15H16BrClN4/c1-15(2,9-18-3)10-4-6-11(7-5-10)20-13-12(16)8-19-14(17)21-13/h4-8H,3,9H2,1-2H3,(H,19,20,21). The molecule has 0 atom stereocenters. The first-order valence-corrected chi connectivity index (χ1v) is 7.57. The van der Waals surface area contributed by atoms with Gasteiger partial charge < -0.3 is 10.3 Å². The van der Waals surface area contributed by atoms with Crippen LogP contribution in [0.5, 0.6) is 0 Å². The fourth-order valence-corrected chi connectivity index (χ4v) is 2.37. The summed E-state index contributed by atoms with van der Waals surface area (Å²) in [5.74, 6) is 0.634. The van der Waals surface area contributed by atoms with Crippen molar-refractivity contribution in [1.82, 2.24) is 9.97 Å². The topological polar surface area (TPSA) is 50.2 Å². The summed E-state index contributed by atoms with van der Waals surface area (Å²) >= 11 is 9.19. The zero-order valence-corrected chi connectivity index (χ0v) is 14.2. The number of nitrogens with zero attached hydrogens (tertiary/aromatic N) is 3. The summed E-state index contributed by atoms with van der Waals surface area (Å²) < 4.78 is 0.757. The quantitative estimate of drug-likeness (QED) is 0.620. The molecule has 2 rings (SSSR count). The zero-order valence-electron chi connectivity index (χ0n) is 11.9. The highest BCUT2D eigenvalue weighted by molar-refractivity contribution is 9.10. The van der Waals surface area contributed by atoms with Gasteiger partial charge in [-0.1, -0.05) is 26.0 Å². The van der Waals surface area contributed by atoms with Gasteiger partial charge in [0, 0.05) is 23.8 Å². The minimum atomic E-state index is -0.0287. The lowest BCUT2D eigenvalue weighted by atomic mass is 9.85. The van der Waals surface area contributed by atoms with E-state index in [0.717, 1.165) is 10.2 Å². The minimum absolute atomic E-state index is 0.0287. The maximum absolute atomic E-state index is 5.80. The van der Waals surface area contributed by atoms with Crippen molar-refractivity contribution in [2.24, 2.45) is 4.99 Å². The number of aromatic nitrogens is 2. The van der Waals surface area contributed by atoms with Crippen LogP contribution in [0.25, 0.3) is 0 Å². The Kier molecular flexibility index (Phi) is 4.96. The molecule has 0 fully saturated rings. The number of hydrogen-bond donors (Lipinski definition) is 1. The molecule has 0 aliphatic rings. The molecule has 0 saturated carbocycles. The lowest BCUT2D eigenvalue weighted by Gasteiger charge is -2.23. The van der Waals surface area contributed by atoms with E-state index in [1.807, 2.05) is 12.1 Å². The second kappa shape index (κ2) is 6.54. The predicted octanol–water partition coefficient (Wildman–Crippen LogP) is 4.61. The summed E-state index contributed by atoms with van der Waals surface area (Å²) in [6, 6.07) is 8.15. The fraction of sp³-hybridized carbons (Fsp3) is 0.267. The Morgan fingerprint density at radius 1 is 1.33 bits per heavy atom. The molecule has 0 bridgehead atoms. The van der Waals surface area contributed by atoms with Crippen molar-refractivity contribution in [3.05, 3.63) is 45.8 Å². The number of nitrogens with one attached hydrogen (secondary N) is 1. The van der Waals surface area contributed by atoms with E-state index in [1.54, 1.807) is 6.20 Å². The zero-order chi connectivity index (χ0) is 15.5. The maximum atomic E-state index is 5.80. The van der Waals surface area contributed by atoms with Gasteiger partial charge in [-0.15, -0.1) is 0 Å². The van der Waals surface area contributed by atoms with Crippen LogP contribution < -0.4 is 5.32 Å². The third kappa shape index (κ3) is 4.02. The molecular weight excluding hydrogens is 352 g/mol. The molecule has 1 aromatic heterocycles. The van der Waals surface area contributed by atoms with Gasteiger partial charge in [0.1, 0.15) is 5.82 Å². The number of anilines is 2. The average molecular weight is 368 g/mol. The fourth-order valence-electron chi connectivity index (χ4n) is 1.95. The molecule has 4 nitrogen and oxygen atoms in total. The lowest BCUT2D eigenvalue weighted by molar-refractivity contribution is 0.542. The van der Waals surface area contributed by atoms with Crippen molar-refractivity contribution in [2.45, 2.75) is 19.3 Å². The number of aliphatic imine (C=N–C) groups is 1. The largest absolute Gasteiger partial charge is 0.339 e. The van der Waals surface area contributed by atoms with Crippen molar-refractivity contribution >= 4 is 45.8 Å². The molecule has 21 heavy (non-hydrogen) atoms. The van der Waals surface area contributed by atoms with Crippen LogP contribution in [0.1, 0.15) is 19.4 Å². The van der Waals surface area contributed by atoms with E-state index in [9.17, 15) is 0 Å². The molecule has 0 aliphatic carbocycles. The first-order chi connectivity index (χ1) is 9.92. The van der Waals surface area contributed by atoms with Gasteiger partial charge >= 0.3 is 0 Å². The molecule has 0 unspecified atom stereocenters. The van der Waals surface area contributed by atoms with Crippen molar-refractivity contribution in [3.63, 3.8) is 0 Å². The second-order valence-electron chi connectivity index (χ2n) is 5.30. The number of hydrogen-bond acceptors (Lipinski definition) is 4. The van der Waals surface area contributed by atoms with E-state index in [2.05, 4.69) is 68.9 Å². The van der Waals surface area contributed by atoms with Gasteiger partial charge in [0.2, 0.25) is 5.28 Å². The Balaban J connectivity index is 2.20. The van der Waals surface area contributed by atoms with Crippen molar-refractivity contribution < 1.29 is 0 Å². The highest BCUT2D eigenvalue weighted by Gasteiger charge is 2.19. The number of rotatable bonds is 5. The first kappa shape index (κ1) is 15.9. The summed E-state index contributed by atoms with van der Waals surface area (Å²) in [6.07, 6.45) is 1.62. The van der Waals surface area contributed by atoms with Gasteiger partial charge in [0.15, 0.2) is 0 Å². The van der Waals surface area contributed by atoms with Gasteiger partial charge in [0.05, 0.1) is 4.47 Å². The Morgan fingerprint density at radius 2 is 2.00 bits per heavy atom. The van der Waals surface area contributed by atoms with Crippen LogP contribution in [0.15, 0.2) is 39.9 Å². The van der Waals surface area contributed by atoms with Gasteiger partial charge in [-0.2, -0.15) is 4.98 Å². The van der Waals surface area contributed by atoms with E-state index >= 15 is 0 Å². The Labute approximate surface area is 137 Å². The summed E-state index contributed by atoms with van der Waals surface area (Å²) in [6.45, 7) is 8.54. The Bertz CT molecular complexity index is 641. The van der Waals surface area contributed by atoms with Crippen LogP contribution in [0.3, 0.4) is 0 Å². The van der Waals surface area contributed by atoms with Crippen LogP contribution in [0.4, 0.5) is 11.5 Å². The van der Waals surface area contributed by atoms with Crippen molar-refractivity contribution in [2.75, 3.05) is 11.9 Å². The summed E-state index contributed by atoms with van der Waals surface area (Å²) in [7, 11) is 0. The highest BCUT2D eigenvalue weighted by Crippen LogP contribution is 2.27. The van der Waals surface area contributed by atoms with Crippen LogP contribution in [0, 0.1) is 0 Å². The molecule has 0 saturated heterocycles. The monoisotopic (exact) mass is 366 g/mol. The highest BCUT2D eigenvalue weighted by atomic mass is 79.9. The van der Waals surface area contributed by atoms with Gasteiger partial charge in [0.25, 0.3) is 0 Å². The molecular formula is C15H16BrClN4. The Hall–Kier alpha value is -1.46. The molecule has 0 amide bonds. The van der Waals surface area contributed by atoms with Crippen molar-refractivity contribution in [1.29, 1.82) is 0 Å². The molecule has 0 radical (unpaired) electrons. The van der Waals surface area contributed by atoms with Crippen LogP contribution in [0.2, 0.25) is 5.28 Å². The van der Waals surface area contributed by atoms with E-state index in [4.69, 9.17) is 11.6 Å². The SMILES string of the molecule is C=NCC(C)(C)c1ccc(Nc2nc(Cl)ncc2Br)cc1.